The van der Waals surface area contributed by atoms with Crippen LogP contribution in [-0.2, 0) is 4.74 Å². The number of carbonyl (C=O) groups excluding carboxylic acids is 1. The van der Waals surface area contributed by atoms with Gasteiger partial charge in [0, 0.05) is 26.2 Å². The number of benzene rings is 1. The second-order valence-electron chi connectivity index (χ2n) is 4.44. The summed E-state index contributed by atoms with van der Waals surface area (Å²) in [5.74, 6) is -0.627. The molecule has 2 amide bonds. The predicted octanol–water partition coefficient (Wildman–Crippen LogP) is 1.93. The van der Waals surface area contributed by atoms with Gasteiger partial charge in [0.25, 0.3) is 0 Å². The van der Waals surface area contributed by atoms with E-state index >= 15 is 0 Å². The van der Waals surface area contributed by atoms with Gasteiger partial charge >= 0.3 is 6.03 Å². The maximum Gasteiger partial charge on any atom is 0.319 e. The Morgan fingerprint density at radius 2 is 2.15 bits per heavy atom. The number of nitrogens with zero attached hydrogens (tertiary/aromatic N) is 1. The first kappa shape index (κ1) is 15.0. The van der Waals surface area contributed by atoms with Crippen molar-refractivity contribution in [2.24, 2.45) is 0 Å². The van der Waals surface area contributed by atoms with Crippen LogP contribution in [0.5, 0.6) is 0 Å². The second-order valence-corrected chi connectivity index (χ2v) is 4.84. The zero-order chi connectivity index (χ0) is 14.4. The van der Waals surface area contributed by atoms with Crippen molar-refractivity contribution in [2.75, 3.05) is 44.7 Å². The number of hydrogen-bond acceptors (Lipinski definition) is 3. The van der Waals surface area contributed by atoms with Crippen LogP contribution in [0.3, 0.4) is 0 Å². The zero-order valence-electron chi connectivity index (χ0n) is 11.0. The van der Waals surface area contributed by atoms with Crippen LogP contribution in [0.1, 0.15) is 0 Å². The van der Waals surface area contributed by atoms with E-state index in [9.17, 15) is 9.18 Å². The maximum absolute atomic E-state index is 13.6. The number of urea groups is 1. The number of hydrogen-bond donors (Lipinski definition) is 2. The Balaban J connectivity index is 1.73. The molecule has 1 aliphatic rings. The molecular weight excluding hydrogens is 285 g/mol. The van der Waals surface area contributed by atoms with Crippen LogP contribution in [0.2, 0.25) is 5.02 Å². The molecule has 0 radical (unpaired) electrons. The Morgan fingerprint density at radius 1 is 1.40 bits per heavy atom. The largest absolute Gasteiger partial charge is 0.379 e. The Bertz CT molecular complexity index is 467. The lowest BCUT2D eigenvalue weighted by atomic mass is 10.3. The van der Waals surface area contributed by atoms with E-state index in [0.717, 1.165) is 32.8 Å². The summed E-state index contributed by atoms with van der Waals surface area (Å²) in [7, 11) is 0. The average Bonchev–Trinajstić information content (AvgIpc) is 2.45. The van der Waals surface area contributed by atoms with Crippen LogP contribution in [0.15, 0.2) is 18.2 Å². The maximum atomic E-state index is 13.6. The first-order valence-corrected chi connectivity index (χ1v) is 6.83. The van der Waals surface area contributed by atoms with Gasteiger partial charge in [0.05, 0.1) is 23.9 Å². The minimum absolute atomic E-state index is 0.0175. The van der Waals surface area contributed by atoms with E-state index < -0.39 is 11.8 Å². The quantitative estimate of drug-likeness (QED) is 0.893. The van der Waals surface area contributed by atoms with Gasteiger partial charge in [0.1, 0.15) is 0 Å². The number of anilines is 1. The van der Waals surface area contributed by atoms with Crippen molar-refractivity contribution in [1.82, 2.24) is 10.2 Å². The molecule has 2 rings (SSSR count). The summed E-state index contributed by atoms with van der Waals surface area (Å²) >= 11 is 5.64. The zero-order valence-corrected chi connectivity index (χ0v) is 11.8. The summed E-state index contributed by atoms with van der Waals surface area (Å²) in [6, 6.07) is 4.02. The molecule has 1 fully saturated rings. The van der Waals surface area contributed by atoms with Crippen LogP contribution >= 0.6 is 11.6 Å². The van der Waals surface area contributed by atoms with Gasteiger partial charge in [-0.25, -0.2) is 9.18 Å². The average molecular weight is 302 g/mol. The number of rotatable bonds is 4. The van der Waals surface area contributed by atoms with Crippen LogP contribution in [0.4, 0.5) is 14.9 Å². The first-order chi connectivity index (χ1) is 9.66. The molecule has 0 spiro atoms. The van der Waals surface area contributed by atoms with Crippen molar-refractivity contribution in [3.63, 3.8) is 0 Å². The fourth-order valence-electron chi connectivity index (χ4n) is 1.92. The molecule has 0 unspecified atom stereocenters. The minimum atomic E-state index is -0.627. The fourth-order valence-corrected chi connectivity index (χ4v) is 2.09. The van der Waals surface area contributed by atoms with Crippen LogP contribution in [0.25, 0.3) is 0 Å². The van der Waals surface area contributed by atoms with E-state index in [1.807, 2.05) is 0 Å². The number of carbonyl (C=O) groups is 1. The highest BCUT2D eigenvalue weighted by molar-refractivity contribution is 6.31. The van der Waals surface area contributed by atoms with Crippen LogP contribution in [-0.4, -0.2) is 50.3 Å². The van der Waals surface area contributed by atoms with E-state index in [1.165, 1.54) is 12.1 Å². The molecule has 1 heterocycles. The van der Waals surface area contributed by atoms with Gasteiger partial charge in [-0.2, -0.15) is 0 Å². The van der Waals surface area contributed by atoms with Crippen molar-refractivity contribution in [1.29, 1.82) is 0 Å². The highest BCUT2D eigenvalue weighted by Crippen LogP contribution is 2.21. The highest BCUT2D eigenvalue weighted by Gasteiger charge is 2.11. The monoisotopic (exact) mass is 301 g/mol. The summed E-state index contributed by atoms with van der Waals surface area (Å²) in [6.45, 7) is 4.42. The topological polar surface area (TPSA) is 53.6 Å². The van der Waals surface area contributed by atoms with Gasteiger partial charge in [-0.1, -0.05) is 17.7 Å². The Hall–Kier alpha value is -1.37. The van der Waals surface area contributed by atoms with Gasteiger partial charge in [-0.3, -0.25) is 4.90 Å². The van der Waals surface area contributed by atoms with E-state index in [2.05, 4.69) is 15.5 Å². The molecule has 110 valence electrons. The van der Waals surface area contributed by atoms with Crippen molar-refractivity contribution >= 4 is 23.3 Å². The lowest BCUT2D eigenvalue weighted by Crippen LogP contribution is -2.42. The van der Waals surface area contributed by atoms with Gasteiger partial charge in [-0.15, -0.1) is 0 Å². The van der Waals surface area contributed by atoms with Gasteiger partial charge in [-0.05, 0) is 12.1 Å². The predicted molar refractivity (Wildman–Crippen MR) is 75.7 cm³/mol. The highest BCUT2D eigenvalue weighted by atomic mass is 35.5. The first-order valence-electron chi connectivity index (χ1n) is 6.46. The van der Waals surface area contributed by atoms with Crippen molar-refractivity contribution in [3.8, 4) is 0 Å². The van der Waals surface area contributed by atoms with E-state index in [0.29, 0.717) is 6.54 Å². The number of ether oxygens (including phenoxy) is 1. The van der Waals surface area contributed by atoms with Gasteiger partial charge in [0.2, 0.25) is 0 Å². The molecule has 1 saturated heterocycles. The molecule has 0 atom stereocenters. The Kier molecular flexibility index (Phi) is 5.58. The van der Waals surface area contributed by atoms with Crippen LogP contribution < -0.4 is 10.6 Å². The molecule has 0 saturated carbocycles. The molecule has 0 aliphatic carbocycles. The molecular formula is C13H17ClFN3O2. The Morgan fingerprint density at radius 3 is 2.90 bits per heavy atom. The summed E-state index contributed by atoms with van der Waals surface area (Å²) in [4.78, 5) is 13.8. The molecule has 1 aromatic rings. The summed E-state index contributed by atoms with van der Waals surface area (Å²) in [6.07, 6.45) is 0. The smallest absolute Gasteiger partial charge is 0.319 e. The fraction of sp³-hybridized carbons (Fsp3) is 0.462. The molecule has 0 bridgehead atoms. The molecule has 7 heteroatoms. The summed E-state index contributed by atoms with van der Waals surface area (Å²) in [5, 5.41) is 5.10. The molecule has 1 aliphatic heterocycles. The summed E-state index contributed by atoms with van der Waals surface area (Å²) in [5.41, 5.74) is 0.0707. The van der Waals surface area contributed by atoms with Gasteiger partial charge in [0.15, 0.2) is 5.82 Å². The molecule has 5 nitrogen and oxygen atoms in total. The van der Waals surface area contributed by atoms with E-state index in [4.69, 9.17) is 16.3 Å². The van der Waals surface area contributed by atoms with Crippen LogP contribution in [0, 0.1) is 5.82 Å². The minimum Gasteiger partial charge on any atom is -0.379 e. The number of morpholine rings is 1. The van der Waals surface area contributed by atoms with Gasteiger partial charge < -0.3 is 15.4 Å². The van der Waals surface area contributed by atoms with Crippen molar-refractivity contribution in [2.45, 2.75) is 0 Å². The van der Waals surface area contributed by atoms with Crippen molar-refractivity contribution in [3.05, 3.63) is 29.0 Å². The number of halogens is 2. The Labute approximate surface area is 122 Å². The third kappa shape index (κ3) is 4.33. The number of nitrogens with one attached hydrogen (secondary N) is 2. The van der Waals surface area contributed by atoms with Crippen molar-refractivity contribution < 1.29 is 13.9 Å². The lowest BCUT2D eigenvalue weighted by Gasteiger charge is -2.26. The molecule has 20 heavy (non-hydrogen) atoms. The second kappa shape index (κ2) is 7.42. The number of amides is 2. The normalized spacial score (nSPS) is 15.9. The molecule has 1 aromatic carbocycles. The third-order valence-corrected chi connectivity index (χ3v) is 3.31. The molecule has 2 N–H and O–H groups in total. The summed E-state index contributed by atoms with van der Waals surface area (Å²) < 4.78 is 18.8. The third-order valence-electron chi connectivity index (χ3n) is 3.02. The lowest BCUT2D eigenvalue weighted by molar-refractivity contribution is 0.0388. The van der Waals surface area contributed by atoms with E-state index in [-0.39, 0.29) is 10.7 Å². The van der Waals surface area contributed by atoms with E-state index in [1.54, 1.807) is 6.07 Å². The molecule has 0 aromatic heterocycles. The SMILES string of the molecule is O=C(NCCN1CCOCC1)Nc1cccc(Cl)c1F. The standard InChI is InChI=1S/C13H17ClFN3O2/c14-10-2-1-3-11(12(10)15)17-13(19)16-4-5-18-6-8-20-9-7-18/h1-3H,4-9H2,(H2,16,17,19).